The highest BCUT2D eigenvalue weighted by atomic mass is 16.5. The number of likely N-dealkylation sites (tertiary alicyclic amines) is 1. The van der Waals surface area contributed by atoms with Gasteiger partial charge in [-0.25, -0.2) is 4.99 Å². The molecule has 2 saturated heterocycles. The van der Waals surface area contributed by atoms with Crippen LogP contribution in [-0.4, -0.2) is 63.1 Å². The monoisotopic (exact) mass is 435 g/mol. The molecule has 2 aromatic carbocycles. The van der Waals surface area contributed by atoms with E-state index in [0.29, 0.717) is 25.6 Å². The Morgan fingerprint density at radius 1 is 1.16 bits per heavy atom. The van der Waals surface area contributed by atoms with E-state index in [9.17, 15) is 4.79 Å². The number of aliphatic imine (C=N–C) groups is 1. The van der Waals surface area contributed by atoms with Gasteiger partial charge in [-0.3, -0.25) is 4.79 Å². The molecule has 4 rings (SSSR count). The van der Waals surface area contributed by atoms with Gasteiger partial charge in [0, 0.05) is 44.3 Å². The minimum absolute atomic E-state index is 0.0822. The van der Waals surface area contributed by atoms with Crippen LogP contribution in [0.25, 0.3) is 0 Å². The summed E-state index contributed by atoms with van der Waals surface area (Å²) >= 11 is 0. The number of nitrogens with zero attached hydrogens (tertiary/aromatic N) is 3. The Bertz CT molecular complexity index is 926. The second-order valence-corrected chi connectivity index (χ2v) is 8.31. The number of hydrogen-bond donors (Lipinski definition) is 2. The Labute approximate surface area is 190 Å². The zero-order chi connectivity index (χ0) is 22.3. The molecule has 1 unspecified atom stereocenters. The van der Waals surface area contributed by atoms with E-state index in [1.165, 1.54) is 5.56 Å². The van der Waals surface area contributed by atoms with E-state index < -0.39 is 0 Å². The first kappa shape index (κ1) is 22.0. The SMILES string of the molecule is CCNC(=NCc1ccc(N2CCNC(=O)C2)cc1)N1CCC(c2ccc(OC)cc2)C1. The van der Waals surface area contributed by atoms with Crippen molar-refractivity contribution in [2.24, 2.45) is 4.99 Å². The lowest BCUT2D eigenvalue weighted by Gasteiger charge is -2.28. The van der Waals surface area contributed by atoms with Crippen LogP contribution in [0.4, 0.5) is 5.69 Å². The first-order chi connectivity index (χ1) is 15.7. The summed E-state index contributed by atoms with van der Waals surface area (Å²) in [4.78, 5) is 21.0. The van der Waals surface area contributed by atoms with Gasteiger partial charge in [0.25, 0.3) is 0 Å². The van der Waals surface area contributed by atoms with Crippen LogP contribution in [0, 0.1) is 0 Å². The van der Waals surface area contributed by atoms with Crippen molar-refractivity contribution < 1.29 is 9.53 Å². The van der Waals surface area contributed by atoms with Crippen molar-refractivity contribution in [2.75, 3.05) is 51.3 Å². The summed E-state index contributed by atoms with van der Waals surface area (Å²) < 4.78 is 5.28. The molecule has 2 N–H and O–H groups in total. The molecule has 0 radical (unpaired) electrons. The quantitative estimate of drug-likeness (QED) is 0.539. The highest BCUT2D eigenvalue weighted by Gasteiger charge is 2.26. The molecule has 2 fully saturated rings. The second-order valence-electron chi connectivity index (χ2n) is 8.31. The van der Waals surface area contributed by atoms with Gasteiger partial charge in [0.1, 0.15) is 5.75 Å². The van der Waals surface area contributed by atoms with E-state index in [4.69, 9.17) is 9.73 Å². The lowest BCUT2D eigenvalue weighted by atomic mass is 9.98. The van der Waals surface area contributed by atoms with Crippen LogP contribution < -0.4 is 20.3 Å². The molecular formula is C25H33N5O2. The van der Waals surface area contributed by atoms with E-state index in [2.05, 4.69) is 63.8 Å². The molecule has 170 valence electrons. The van der Waals surface area contributed by atoms with Crippen molar-refractivity contribution in [2.45, 2.75) is 25.8 Å². The predicted molar refractivity (Wildman–Crippen MR) is 128 cm³/mol. The van der Waals surface area contributed by atoms with E-state index in [-0.39, 0.29) is 5.91 Å². The molecule has 7 nitrogen and oxygen atoms in total. The Hall–Kier alpha value is -3.22. The summed E-state index contributed by atoms with van der Waals surface area (Å²) in [5.41, 5.74) is 3.60. The van der Waals surface area contributed by atoms with Gasteiger partial charge in [-0.2, -0.15) is 0 Å². The number of methoxy groups -OCH3 is 1. The van der Waals surface area contributed by atoms with Crippen LogP contribution in [0.5, 0.6) is 5.75 Å². The standard InChI is InChI=1S/C25H33N5O2/c1-3-26-25(30-14-12-21(17-30)20-6-10-23(32-2)11-7-20)28-16-19-4-8-22(9-5-19)29-15-13-27-24(31)18-29/h4-11,21H,3,12-18H2,1-2H3,(H,26,28)(H,27,31). The Morgan fingerprint density at radius 3 is 2.62 bits per heavy atom. The van der Waals surface area contributed by atoms with Crippen LogP contribution in [-0.2, 0) is 11.3 Å². The van der Waals surface area contributed by atoms with Gasteiger partial charge in [0.15, 0.2) is 5.96 Å². The van der Waals surface area contributed by atoms with Crippen LogP contribution in [0.15, 0.2) is 53.5 Å². The van der Waals surface area contributed by atoms with Gasteiger partial charge >= 0.3 is 0 Å². The number of rotatable bonds is 6. The number of hydrogen-bond acceptors (Lipinski definition) is 4. The third-order valence-electron chi connectivity index (χ3n) is 6.16. The summed E-state index contributed by atoms with van der Waals surface area (Å²) in [5.74, 6) is 2.46. The molecular weight excluding hydrogens is 402 g/mol. The van der Waals surface area contributed by atoms with Gasteiger partial charge < -0.3 is 25.2 Å². The van der Waals surface area contributed by atoms with Crippen LogP contribution >= 0.6 is 0 Å². The first-order valence-electron chi connectivity index (χ1n) is 11.4. The highest BCUT2D eigenvalue weighted by Crippen LogP contribution is 2.28. The topological polar surface area (TPSA) is 69.2 Å². The summed E-state index contributed by atoms with van der Waals surface area (Å²) in [6.07, 6.45) is 1.12. The lowest BCUT2D eigenvalue weighted by molar-refractivity contribution is -0.120. The molecule has 0 bridgehead atoms. The van der Waals surface area contributed by atoms with Crippen molar-refractivity contribution in [1.29, 1.82) is 0 Å². The highest BCUT2D eigenvalue weighted by molar-refractivity contribution is 5.82. The van der Waals surface area contributed by atoms with E-state index in [1.54, 1.807) is 7.11 Å². The normalized spacial score (nSPS) is 19.1. The maximum absolute atomic E-state index is 11.6. The van der Waals surface area contributed by atoms with E-state index in [0.717, 1.165) is 55.6 Å². The fourth-order valence-electron chi connectivity index (χ4n) is 4.36. The molecule has 0 spiro atoms. The molecule has 2 aliphatic heterocycles. The van der Waals surface area contributed by atoms with Crippen LogP contribution in [0.1, 0.15) is 30.4 Å². The average molecular weight is 436 g/mol. The van der Waals surface area contributed by atoms with Gasteiger partial charge in [-0.1, -0.05) is 24.3 Å². The maximum atomic E-state index is 11.6. The fraction of sp³-hybridized carbons (Fsp3) is 0.440. The number of piperazine rings is 1. The third kappa shape index (κ3) is 5.33. The molecule has 32 heavy (non-hydrogen) atoms. The van der Waals surface area contributed by atoms with Crippen LogP contribution in [0.3, 0.4) is 0 Å². The molecule has 2 aromatic rings. The third-order valence-corrected chi connectivity index (χ3v) is 6.16. The number of ether oxygens (including phenoxy) is 1. The molecule has 0 saturated carbocycles. The van der Waals surface area contributed by atoms with Crippen molar-refractivity contribution in [3.8, 4) is 5.75 Å². The lowest BCUT2D eigenvalue weighted by Crippen LogP contribution is -2.47. The largest absolute Gasteiger partial charge is 0.497 e. The smallest absolute Gasteiger partial charge is 0.239 e. The maximum Gasteiger partial charge on any atom is 0.239 e. The zero-order valence-corrected chi connectivity index (χ0v) is 19.0. The van der Waals surface area contributed by atoms with Gasteiger partial charge in [-0.05, 0) is 48.7 Å². The second kappa shape index (κ2) is 10.4. The number of guanidine groups is 1. The molecule has 2 aliphatic rings. The summed E-state index contributed by atoms with van der Waals surface area (Å²) in [6.45, 7) is 7.52. The van der Waals surface area contributed by atoms with Crippen molar-refractivity contribution in [1.82, 2.24) is 15.5 Å². The molecule has 1 atom stereocenters. The van der Waals surface area contributed by atoms with Gasteiger partial charge in [0.2, 0.25) is 5.91 Å². The molecule has 1 amide bonds. The number of nitrogens with one attached hydrogen (secondary N) is 2. The van der Waals surface area contributed by atoms with Gasteiger partial charge in [-0.15, -0.1) is 0 Å². The van der Waals surface area contributed by atoms with Crippen molar-refractivity contribution in [3.63, 3.8) is 0 Å². The minimum atomic E-state index is 0.0822. The molecule has 0 aliphatic carbocycles. The number of anilines is 1. The first-order valence-corrected chi connectivity index (χ1v) is 11.4. The predicted octanol–water partition coefficient (Wildman–Crippen LogP) is 2.59. The van der Waals surface area contributed by atoms with Gasteiger partial charge in [0.05, 0.1) is 20.2 Å². The number of carbonyl (C=O) groups excluding carboxylic acids is 1. The molecule has 2 heterocycles. The zero-order valence-electron chi connectivity index (χ0n) is 19.0. The Balaban J connectivity index is 1.38. The number of benzene rings is 2. The summed E-state index contributed by atoms with van der Waals surface area (Å²) in [6, 6.07) is 16.8. The average Bonchev–Trinajstić information content (AvgIpc) is 3.32. The summed E-state index contributed by atoms with van der Waals surface area (Å²) in [7, 11) is 1.70. The Kier molecular flexibility index (Phi) is 7.14. The molecule has 7 heteroatoms. The number of amides is 1. The number of carbonyl (C=O) groups is 1. The van der Waals surface area contributed by atoms with Crippen LogP contribution in [0.2, 0.25) is 0 Å². The fourth-order valence-corrected chi connectivity index (χ4v) is 4.36. The van der Waals surface area contributed by atoms with Crippen molar-refractivity contribution in [3.05, 3.63) is 59.7 Å². The van der Waals surface area contributed by atoms with E-state index >= 15 is 0 Å². The molecule has 0 aromatic heterocycles. The van der Waals surface area contributed by atoms with Crippen molar-refractivity contribution >= 4 is 17.6 Å². The Morgan fingerprint density at radius 2 is 1.94 bits per heavy atom. The summed E-state index contributed by atoms with van der Waals surface area (Å²) in [5, 5.41) is 6.32. The minimum Gasteiger partial charge on any atom is -0.497 e. The van der Waals surface area contributed by atoms with E-state index in [1.807, 2.05) is 12.1 Å².